The molecule has 0 N–H and O–H groups in total. The van der Waals surface area contributed by atoms with Crippen molar-refractivity contribution in [3.05, 3.63) is 48.6 Å². The molecule has 2 heterocycles. The van der Waals surface area contributed by atoms with E-state index in [2.05, 4.69) is 48.2 Å². The summed E-state index contributed by atoms with van der Waals surface area (Å²) in [6.45, 7) is 11.4. The van der Waals surface area contributed by atoms with Gasteiger partial charge in [0.15, 0.2) is 5.79 Å². The molecule has 0 spiro atoms. The third-order valence-corrected chi connectivity index (χ3v) is 7.03. The number of halogens is 1. The van der Waals surface area contributed by atoms with Crippen LogP contribution in [0, 0.1) is 5.92 Å². The summed E-state index contributed by atoms with van der Waals surface area (Å²) in [4.78, 5) is 0. The summed E-state index contributed by atoms with van der Waals surface area (Å²) in [5, 5.41) is 0. The zero-order valence-electron chi connectivity index (χ0n) is 16.5. The standard InChI is InChI=1S/C22H31IO4/c1-5-18-21(27-22(3,4)26-18)20-13-17(23)15(2)19(25-20)11-12-24-14-16-9-7-6-8-10-16/h5-10,15,17-21H,1,11-14H2,2-4H3/t15-,17+,18+,19-,20-,21+/m1/s1. The maximum atomic E-state index is 6.49. The van der Waals surface area contributed by atoms with E-state index in [9.17, 15) is 0 Å². The Morgan fingerprint density at radius 3 is 2.70 bits per heavy atom. The molecule has 2 aliphatic rings. The van der Waals surface area contributed by atoms with Crippen LogP contribution in [0.25, 0.3) is 0 Å². The van der Waals surface area contributed by atoms with E-state index in [-0.39, 0.29) is 24.4 Å². The Morgan fingerprint density at radius 1 is 1.26 bits per heavy atom. The summed E-state index contributed by atoms with van der Waals surface area (Å²) in [6.07, 6.45) is 3.65. The van der Waals surface area contributed by atoms with Crippen molar-refractivity contribution in [2.75, 3.05) is 6.61 Å². The minimum atomic E-state index is -0.592. The van der Waals surface area contributed by atoms with Gasteiger partial charge < -0.3 is 18.9 Å². The summed E-state index contributed by atoms with van der Waals surface area (Å²) in [7, 11) is 0. The van der Waals surface area contributed by atoms with Crippen LogP contribution in [0.1, 0.15) is 39.2 Å². The lowest BCUT2D eigenvalue weighted by atomic mass is 9.89. The summed E-state index contributed by atoms with van der Waals surface area (Å²) in [5.41, 5.74) is 1.20. The van der Waals surface area contributed by atoms with Crippen molar-refractivity contribution in [1.82, 2.24) is 0 Å². The first-order chi connectivity index (χ1) is 12.9. The Labute approximate surface area is 176 Å². The predicted octanol–water partition coefficient (Wildman–Crippen LogP) is 4.90. The van der Waals surface area contributed by atoms with Gasteiger partial charge in [-0.3, -0.25) is 0 Å². The predicted molar refractivity (Wildman–Crippen MR) is 115 cm³/mol. The fourth-order valence-electron chi connectivity index (χ4n) is 3.87. The number of alkyl halides is 1. The third kappa shape index (κ3) is 5.54. The van der Waals surface area contributed by atoms with Crippen molar-refractivity contribution < 1.29 is 18.9 Å². The average molecular weight is 486 g/mol. The third-order valence-electron chi connectivity index (χ3n) is 5.38. The Balaban J connectivity index is 1.54. The zero-order chi connectivity index (χ0) is 19.4. The summed E-state index contributed by atoms with van der Waals surface area (Å²) >= 11 is 2.55. The maximum absolute atomic E-state index is 6.49. The van der Waals surface area contributed by atoms with Crippen molar-refractivity contribution >= 4 is 22.6 Å². The van der Waals surface area contributed by atoms with Gasteiger partial charge in [-0.25, -0.2) is 0 Å². The molecule has 1 aromatic carbocycles. The minimum Gasteiger partial charge on any atom is -0.377 e. The molecule has 1 aromatic rings. The van der Waals surface area contributed by atoms with Gasteiger partial charge in [0.1, 0.15) is 12.2 Å². The van der Waals surface area contributed by atoms with Crippen LogP contribution in [0.15, 0.2) is 43.0 Å². The SMILES string of the molecule is C=C[C@@H]1OC(C)(C)O[C@@H]1[C@H]1C[C@H](I)[C@@H](C)[C@@H](CCOCc2ccccc2)O1. The Hall–Kier alpha value is -0.470. The van der Waals surface area contributed by atoms with Crippen LogP contribution < -0.4 is 0 Å². The molecule has 0 bridgehead atoms. The van der Waals surface area contributed by atoms with Crippen LogP contribution in [0.5, 0.6) is 0 Å². The Kier molecular flexibility index (Phi) is 7.36. The van der Waals surface area contributed by atoms with E-state index in [1.165, 1.54) is 5.56 Å². The van der Waals surface area contributed by atoms with Crippen LogP contribution in [-0.4, -0.2) is 40.7 Å². The lowest BCUT2D eigenvalue weighted by Gasteiger charge is -2.41. The van der Waals surface area contributed by atoms with Crippen molar-refractivity contribution in [2.24, 2.45) is 5.92 Å². The lowest BCUT2D eigenvalue weighted by molar-refractivity contribution is -0.177. The summed E-state index contributed by atoms with van der Waals surface area (Å²) in [6, 6.07) is 10.3. The van der Waals surface area contributed by atoms with Gasteiger partial charge in [0.2, 0.25) is 0 Å². The van der Waals surface area contributed by atoms with Crippen LogP contribution in [0.2, 0.25) is 0 Å². The second kappa shape index (κ2) is 9.35. The second-order valence-electron chi connectivity index (χ2n) is 7.95. The number of rotatable bonds is 7. The van der Waals surface area contributed by atoms with E-state index in [0.717, 1.165) is 12.8 Å². The molecular formula is C22H31IO4. The minimum absolute atomic E-state index is 0.0204. The van der Waals surface area contributed by atoms with Crippen LogP contribution in [0.4, 0.5) is 0 Å². The highest BCUT2D eigenvalue weighted by molar-refractivity contribution is 14.1. The first kappa shape index (κ1) is 21.2. The number of ether oxygens (including phenoxy) is 4. The monoisotopic (exact) mass is 486 g/mol. The maximum Gasteiger partial charge on any atom is 0.164 e. The molecule has 6 atom stereocenters. The molecule has 150 valence electrons. The van der Waals surface area contributed by atoms with Gasteiger partial charge in [-0.1, -0.05) is 65.9 Å². The van der Waals surface area contributed by atoms with E-state index >= 15 is 0 Å². The van der Waals surface area contributed by atoms with E-state index in [0.29, 0.717) is 23.1 Å². The second-order valence-corrected chi connectivity index (χ2v) is 9.55. The van der Waals surface area contributed by atoms with Crippen molar-refractivity contribution in [3.8, 4) is 0 Å². The Bertz CT molecular complexity index is 606. The van der Waals surface area contributed by atoms with Gasteiger partial charge in [-0.15, -0.1) is 6.58 Å². The normalized spacial score (nSPS) is 35.9. The highest BCUT2D eigenvalue weighted by atomic mass is 127. The fourth-order valence-corrected chi connectivity index (χ4v) is 4.83. The molecule has 0 aliphatic carbocycles. The summed E-state index contributed by atoms with van der Waals surface area (Å²) < 4.78 is 25.0. The van der Waals surface area contributed by atoms with Gasteiger partial charge >= 0.3 is 0 Å². The number of benzene rings is 1. The molecule has 0 radical (unpaired) electrons. The first-order valence-corrected chi connectivity index (χ1v) is 11.0. The molecule has 0 amide bonds. The van der Waals surface area contributed by atoms with E-state index < -0.39 is 5.79 Å². The molecule has 2 fully saturated rings. The highest BCUT2D eigenvalue weighted by Gasteiger charge is 2.47. The van der Waals surface area contributed by atoms with Crippen molar-refractivity contribution in [2.45, 2.75) is 74.3 Å². The van der Waals surface area contributed by atoms with Gasteiger partial charge in [0.25, 0.3) is 0 Å². The fraction of sp³-hybridized carbons (Fsp3) is 0.636. The molecule has 4 nitrogen and oxygen atoms in total. The molecule has 0 saturated carbocycles. The van der Waals surface area contributed by atoms with Crippen LogP contribution >= 0.6 is 22.6 Å². The molecule has 0 aromatic heterocycles. The zero-order valence-corrected chi connectivity index (χ0v) is 18.6. The summed E-state index contributed by atoms with van der Waals surface area (Å²) in [5.74, 6) is -0.106. The van der Waals surface area contributed by atoms with Gasteiger partial charge in [-0.2, -0.15) is 0 Å². The van der Waals surface area contributed by atoms with Crippen molar-refractivity contribution in [3.63, 3.8) is 0 Å². The lowest BCUT2D eigenvalue weighted by Crippen LogP contribution is -2.48. The first-order valence-electron chi connectivity index (χ1n) is 9.79. The molecule has 3 rings (SSSR count). The van der Waals surface area contributed by atoms with E-state index in [1.54, 1.807) is 0 Å². The topological polar surface area (TPSA) is 36.9 Å². The van der Waals surface area contributed by atoms with E-state index in [1.807, 2.05) is 38.1 Å². The number of hydrogen-bond acceptors (Lipinski definition) is 4. The van der Waals surface area contributed by atoms with E-state index in [4.69, 9.17) is 18.9 Å². The van der Waals surface area contributed by atoms with Gasteiger partial charge in [0.05, 0.1) is 18.8 Å². The highest BCUT2D eigenvalue weighted by Crippen LogP contribution is 2.39. The molecule has 27 heavy (non-hydrogen) atoms. The Morgan fingerprint density at radius 2 is 2.00 bits per heavy atom. The number of hydrogen-bond donors (Lipinski definition) is 0. The molecule has 2 saturated heterocycles. The quantitative estimate of drug-likeness (QED) is 0.238. The van der Waals surface area contributed by atoms with Gasteiger partial charge in [-0.05, 0) is 38.2 Å². The van der Waals surface area contributed by atoms with Gasteiger partial charge in [0, 0.05) is 10.5 Å². The molecule has 5 heteroatoms. The van der Waals surface area contributed by atoms with Crippen molar-refractivity contribution in [1.29, 1.82) is 0 Å². The van der Waals surface area contributed by atoms with Crippen LogP contribution in [0.3, 0.4) is 0 Å². The van der Waals surface area contributed by atoms with Crippen LogP contribution in [-0.2, 0) is 25.6 Å². The largest absolute Gasteiger partial charge is 0.377 e. The smallest absolute Gasteiger partial charge is 0.164 e. The molecule has 0 unspecified atom stereocenters. The molecular weight excluding hydrogens is 455 g/mol. The average Bonchev–Trinajstić information content (AvgIpc) is 2.97. The molecule has 2 aliphatic heterocycles.